The maximum Gasteiger partial charge on any atom is 0.274 e. The molecule has 0 saturated heterocycles. The van der Waals surface area contributed by atoms with Crippen molar-refractivity contribution in [3.05, 3.63) is 64.5 Å². The van der Waals surface area contributed by atoms with Gasteiger partial charge in [-0.05, 0) is 74.1 Å². The normalized spacial score (nSPS) is 18.4. The molecule has 1 atom stereocenters. The van der Waals surface area contributed by atoms with E-state index in [1.54, 1.807) is 18.3 Å². The van der Waals surface area contributed by atoms with Crippen LogP contribution in [0.1, 0.15) is 60.2 Å². The molecular formula is C22H26FN3O. The smallest absolute Gasteiger partial charge is 0.274 e. The van der Waals surface area contributed by atoms with Crippen LogP contribution in [0.15, 0.2) is 41.5 Å². The number of benzene rings is 2. The first-order valence-electron chi connectivity index (χ1n) is 9.17. The van der Waals surface area contributed by atoms with Crippen molar-refractivity contribution in [3.63, 3.8) is 0 Å². The third-order valence-corrected chi connectivity index (χ3v) is 5.51. The van der Waals surface area contributed by atoms with Gasteiger partial charge in [-0.2, -0.15) is 5.10 Å². The number of nitrogens with one attached hydrogen (secondary N) is 1. The van der Waals surface area contributed by atoms with Crippen LogP contribution in [-0.4, -0.2) is 24.7 Å². The average molecular weight is 367 g/mol. The van der Waals surface area contributed by atoms with E-state index in [1.165, 1.54) is 23.4 Å². The van der Waals surface area contributed by atoms with Crippen LogP contribution in [0.5, 0.6) is 0 Å². The molecule has 2 aromatic rings. The van der Waals surface area contributed by atoms with E-state index in [0.717, 1.165) is 17.5 Å². The number of carbonyl (C=O) groups is 1. The molecule has 1 heterocycles. The molecule has 142 valence electrons. The number of rotatable bonds is 3. The zero-order chi connectivity index (χ0) is 19.8. The Bertz CT molecular complexity index is 904. The Labute approximate surface area is 160 Å². The number of amides is 1. The van der Waals surface area contributed by atoms with Gasteiger partial charge in [0.15, 0.2) is 0 Å². The summed E-state index contributed by atoms with van der Waals surface area (Å²) in [7, 11) is 2.13. The van der Waals surface area contributed by atoms with Crippen molar-refractivity contribution in [1.29, 1.82) is 0 Å². The van der Waals surface area contributed by atoms with Gasteiger partial charge < -0.3 is 4.90 Å². The molecule has 1 aliphatic heterocycles. The summed E-state index contributed by atoms with van der Waals surface area (Å²) in [6, 6.07) is 10.2. The molecule has 3 rings (SSSR count). The summed E-state index contributed by atoms with van der Waals surface area (Å²) in [6.07, 6.45) is 2.70. The summed E-state index contributed by atoms with van der Waals surface area (Å²) in [6.45, 7) is 8.79. The number of hydrogen-bond donors (Lipinski definition) is 1. The zero-order valence-corrected chi connectivity index (χ0v) is 16.5. The van der Waals surface area contributed by atoms with Crippen molar-refractivity contribution >= 4 is 17.8 Å². The third-order valence-electron chi connectivity index (χ3n) is 5.51. The first-order chi connectivity index (χ1) is 12.7. The van der Waals surface area contributed by atoms with Gasteiger partial charge in [-0.1, -0.05) is 19.1 Å². The Hall–Kier alpha value is -2.69. The molecule has 0 radical (unpaired) electrons. The van der Waals surface area contributed by atoms with E-state index < -0.39 is 11.7 Å². The van der Waals surface area contributed by atoms with Gasteiger partial charge in [-0.15, -0.1) is 0 Å². The summed E-state index contributed by atoms with van der Waals surface area (Å²) in [5.74, 6) is -0.684. The highest BCUT2D eigenvalue weighted by molar-refractivity contribution is 5.95. The van der Waals surface area contributed by atoms with Crippen molar-refractivity contribution in [3.8, 4) is 0 Å². The lowest BCUT2D eigenvalue weighted by Crippen LogP contribution is -2.45. The molecular weight excluding hydrogens is 341 g/mol. The highest BCUT2D eigenvalue weighted by Crippen LogP contribution is 2.43. The topological polar surface area (TPSA) is 44.7 Å². The second-order valence-electron chi connectivity index (χ2n) is 7.92. The SMILES string of the molecule is Cc1cc2c(cc1/C=N/NC(=O)c1ccccc1F)C(C)CC(C)(C)N2C. The van der Waals surface area contributed by atoms with E-state index in [9.17, 15) is 9.18 Å². The van der Waals surface area contributed by atoms with Crippen molar-refractivity contribution in [2.75, 3.05) is 11.9 Å². The Balaban J connectivity index is 1.82. The summed E-state index contributed by atoms with van der Waals surface area (Å²) in [4.78, 5) is 14.4. The van der Waals surface area contributed by atoms with Crippen molar-refractivity contribution in [2.24, 2.45) is 5.10 Å². The number of carbonyl (C=O) groups excluding carboxylic acids is 1. The molecule has 0 aliphatic carbocycles. The maximum atomic E-state index is 13.7. The largest absolute Gasteiger partial charge is 0.369 e. The average Bonchev–Trinajstić information content (AvgIpc) is 2.60. The molecule has 1 unspecified atom stereocenters. The minimum absolute atomic E-state index is 0.0192. The van der Waals surface area contributed by atoms with Gasteiger partial charge in [0.1, 0.15) is 5.82 Å². The van der Waals surface area contributed by atoms with Crippen LogP contribution in [0.3, 0.4) is 0 Å². The Kier molecular flexibility index (Phi) is 5.05. The zero-order valence-electron chi connectivity index (χ0n) is 16.5. The molecule has 27 heavy (non-hydrogen) atoms. The predicted octanol–water partition coefficient (Wildman–Crippen LogP) is 4.62. The molecule has 4 nitrogen and oxygen atoms in total. The van der Waals surface area contributed by atoms with E-state index in [0.29, 0.717) is 5.92 Å². The van der Waals surface area contributed by atoms with E-state index in [1.807, 2.05) is 6.92 Å². The molecule has 1 aliphatic rings. The van der Waals surface area contributed by atoms with Crippen LogP contribution < -0.4 is 10.3 Å². The molecule has 1 N–H and O–H groups in total. The maximum absolute atomic E-state index is 13.7. The Morgan fingerprint density at radius 3 is 2.74 bits per heavy atom. The lowest BCUT2D eigenvalue weighted by Gasteiger charge is -2.45. The summed E-state index contributed by atoms with van der Waals surface area (Å²) in [5.41, 5.74) is 7.05. The molecule has 0 saturated carbocycles. The van der Waals surface area contributed by atoms with E-state index >= 15 is 0 Å². The fourth-order valence-electron chi connectivity index (χ4n) is 3.74. The van der Waals surface area contributed by atoms with Crippen LogP contribution >= 0.6 is 0 Å². The Morgan fingerprint density at radius 1 is 1.33 bits per heavy atom. The van der Waals surface area contributed by atoms with Crippen LogP contribution in [-0.2, 0) is 0 Å². The van der Waals surface area contributed by atoms with Gasteiger partial charge in [-0.3, -0.25) is 4.79 Å². The number of aryl methyl sites for hydroxylation is 1. The second-order valence-corrected chi connectivity index (χ2v) is 7.92. The van der Waals surface area contributed by atoms with Gasteiger partial charge in [0.05, 0.1) is 11.8 Å². The van der Waals surface area contributed by atoms with E-state index in [-0.39, 0.29) is 11.1 Å². The van der Waals surface area contributed by atoms with Crippen LogP contribution in [0.2, 0.25) is 0 Å². The van der Waals surface area contributed by atoms with Crippen LogP contribution in [0.25, 0.3) is 0 Å². The Morgan fingerprint density at radius 2 is 2.04 bits per heavy atom. The number of halogens is 1. The summed E-state index contributed by atoms with van der Waals surface area (Å²) >= 11 is 0. The van der Waals surface area contributed by atoms with Gasteiger partial charge >= 0.3 is 0 Å². The quantitative estimate of drug-likeness (QED) is 0.635. The van der Waals surface area contributed by atoms with Gasteiger partial charge in [0, 0.05) is 18.3 Å². The van der Waals surface area contributed by atoms with Gasteiger partial charge in [0.25, 0.3) is 5.91 Å². The summed E-state index contributed by atoms with van der Waals surface area (Å²) in [5, 5.41) is 4.04. The van der Waals surface area contributed by atoms with Crippen LogP contribution in [0, 0.1) is 12.7 Å². The minimum atomic E-state index is -0.561. The molecule has 0 fully saturated rings. The van der Waals surface area contributed by atoms with Crippen LogP contribution in [0.4, 0.5) is 10.1 Å². The number of hydrogen-bond acceptors (Lipinski definition) is 3. The first kappa shape index (κ1) is 19.1. The molecule has 1 amide bonds. The minimum Gasteiger partial charge on any atom is -0.369 e. The molecule has 5 heteroatoms. The lowest BCUT2D eigenvalue weighted by atomic mass is 9.79. The fourth-order valence-corrected chi connectivity index (χ4v) is 3.74. The van der Waals surface area contributed by atoms with Crippen molar-refractivity contribution < 1.29 is 9.18 Å². The third kappa shape index (κ3) is 3.72. The molecule has 0 spiro atoms. The van der Waals surface area contributed by atoms with E-state index in [4.69, 9.17) is 0 Å². The summed E-state index contributed by atoms with van der Waals surface area (Å²) < 4.78 is 13.7. The highest BCUT2D eigenvalue weighted by atomic mass is 19.1. The standard InChI is InChI=1S/C22H26FN3O/c1-14-10-20-18(15(2)12-22(3,4)26(20)5)11-16(14)13-24-25-21(27)17-8-6-7-9-19(17)23/h6-11,13,15H,12H2,1-5H3,(H,25,27)/b24-13+. The number of anilines is 1. The van der Waals surface area contributed by atoms with Crippen molar-refractivity contribution in [2.45, 2.75) is 45.6 Å². The van der Waals surface area contributed by atoms with Gasteiger partial charge in [0.2, 0.25) is 0 Å². The predicted molar refractivity (Wildman–Crippen MR) is 108 cm³/mol. The molecule has 2 aromatic carbocycles. The lowest BCUT2D eigenvalue weighted by molar-refractivity contribution is 0.0951. The molecule has 0 bridgehead atoms. The van der Waals surface area contributed by atoms with Crippen molar-refractivity contribution in [1.82, 2.24) is 5.43 Å². The monoisotopic (exact) mass is 367 g/mol. The number of nitrogens with zero attached hydrogens (tertiary/aromatic N) is 2. The number of fused-ring (bicyclic) bond motifs is 1. The molecule has 0 aromatic heterocycles. The highest BCUT2D eigenvalue weighted by Gasteiger charge is 2.34. The number of hydrazone groups is 1. The second kappa shape index (κ2) is 7.14. The first-order valence-corrected chi connectivity index (χ1v) is 9.17. The fraction of sp³-hybridized carbons (Fsp3) is 0.364. The van der Waals surface area contributed by atoms with E-state index in [2.05, 4.69) is 55.4 Å². The van der Waals surface area contributed by atoms with Gasteiger partial charge in [-0.25, -0.2) is 9.82 Å².